The van der Waals surface area contributed by atoms with Gasteiger partial charge in [0, 0.05) is 16.7 Å². The first-order valence-corrected chi connectivity index (χ1v) is 6.02. The van der Waals surface area contributed by atoms with Crippen molar-refractivity contribution in [3.05, 3.63) is 30.2 Å². The Morgan fingerprint density at radius 2 is 1.95 bits per heavy atom. The average molecular weight is 345 g/mol. The summed E-state index contributed by atoms with van der Waals surface area (Å²) in [5, 5.41) is -1.15. The number of hydrogen-bond acceptors (Lipinski definition) is 6. The topological polar surface area (TPSA) is 60.2 Å². The molecule has 0 aliphatic carbocycles. The molecule has 0 fully saturated rings. The molecule has 0 aliphatic rings. The Hall–Kier alpha value is -0.907. The first kappa shape index (κ1) is 16.1. The quantitative estimate of drug-likeness (QED) is 0.620. The van der Waals surface area contributed by atoms with Crippen molar-refractivity contribution >= 4 is 46.6 Å². The molecule has 0 N–H and O–H groups in total. The molecule has 4 nitrogen and oxygen atoms in total. The number of rotatable bonds is 4. The van der Waals surface area contributed by atoms with Gasteiger partial charge < -0.3 is 39.3 Å². The van der Waals surface area contributed by atoms with Crippen LogP contribution in [0.25, 0.3) is 11.1 Å². The second-order valence-corrected chi connectivity index (χ2v) is 4.98. The Bertz CT molecular complexity index is 595. The predicted molar refractivity (Wildman–Crippen MR) is 70.7 cm³/mol. The van der Waals surface area contributed by atoms with E-state index in [9.17, 15) is 9.59 Å². The second kappa shape index (κ2) is 6.03. The fourth-order valence-electron chi connectivity index (χ4n) is 1.63. The molecule has 0 saturated carbocycles. The van der Waals surface area contributed by atoms with E-state index in [-0.39, 0.29) is 31.8 Å². The Kier molecular flexibility index (Phi) is 5.13. The van der Waals surface area contributed by atoms with Gasteiger partial charge in [-0.25, -0.2) is 4.98 Å². The molecule has 1 atom stereocenters. The van der Waals surface area contributed by atoms with Crippen molar-refractivity contribution in [2.45, 2.75) is 18.8 Å². The molecule has 19 heavy (non-hydrogen) atoms. The maximum Gasteiger partial charge on any atom is 2.00 e. The molecule has 94 valence electrons. The van der Waals surface area contributed by atoms with Crippen LogP contribution in [0.1, 0.15) is 19.2 Å². The zero-order chi connectivity index (χ0) is 13.3. The monoisotopic (exact) mass is 343 g/mol. The molecular formula is C12H9NO3S2Zn. The van der Waals surface area contributed by atoms with E-state index in [1.165, 1.54) is 6.92 Å². The van der Waals surface area contributed by atoms with Gasteiger partial charge in [0.2, 0.25) is 5.89 Å². The standard InChI is InChI=1S/C12H11NO3S2.Zn/c1-12(11(15)18,6-9(14)17)10-13-7-4-2-3-5-8(7)16-10;/h2-5H,6H2,1H3,(H,14,17)(H,15,18);/q;+2/p-2. The van der Waals surface area contributed by atoms with E-state index in [4.69, 9.17) is 4.42 Å². The van der Waals surface area contributed by atoms with Crippen molar-refractivity contribution in [3.63, 3.8) is 0 Å². The number of aromatic nitrogens is 1. The maximum atomic E-state index is 11.6. The molecule has 1 heterocycles. The minimum absolute atomic E-state index is 0. The summed E-state index contributed by atoms with van der Waals surface area (Å²) in [4.78, 5) is 26.9. The molecule has 0 saturated heterocycles. The van der Waals surface area contributed by atoms with Crippen LogP contribution in [0, 0.1) is 0 Å². The van der Waals surface area contributed by atoms with E-state index >= 15 is 0 Å². The van der Waals surface area contributed by atoms with Crippen LogP contribution in [0.2, 0.25) is 0 Å². The third kappa shape index (κ3) is 3.16. The number of oxazole rings is 1. The van der Waals surface area contributed by atoms with Crippen LogP contribution in [-0.4, -0.2) is 15.2 Å². The van der Waals surface area contributed by atoms with Crippen LogP contribution >= 0.6 is 0 Å². The Labute approximate surface area is 133 Å². The van der Waals surface area contributed by atoms with Gasteiger partial charge in [-0.3, -0.25) is 0 Å². The Balaban J connectivity index is 0.00000180. The van der Waals surface area contributed by atoms with E-state index in [1.54, 1.807) is 24.3 Å². The fourth-order valence-corrected chi connectivity index (χ4v) is 2.08. The largest absolute Gasteiger partial charge is 2.00 e. The molecule has 2 aromatic rings. The van der Waals surface area contributed by atoms with E-state index in [0.717, 1.165) is 0 Å². The normalized spacial score (nSPS) is 13.5. The van der Waals surface area contributed by atoms with Crippen molar-refractivity contribution < 1.29 is 33.5 Å². The molecule has 0 radical (unpaired) electrons. The van der Waals surface area contributed by atoms with E-state index in [0.29, 0.717) is 11.1 Å². The van der Waals surface area contributed by atoms with Crippen molar-refractivity contribution in [3.8, 4) is 0 Å². The van der Waals surface area contributed by atoms with Crippen LogP contribution < -0.4 is 0 Å². The molecule has 0 bridgehead atoms. The molecule has 7 heteroatoms. The van der Waals surface area contributed by atoms with Crippen molar-refractivity contribution in [1.82, 2.24) is 4.98 Å². The first-order valence-electron chi connectivity index (χ1n) is 5.21. The summed E-state index contributed by atoms with van der Waals surface area (Å²) in [6, 6.07) is 7.09. The number of fused-ring (bicyclic) bond motifs is 1. The summed E-state index contributed by atoms with van der Waals surface area (Å²) in [5.74, 6) is 0.141. The number of hydrogen-bond donors (Lipinski definition) is 0. The molecule has 1 aromatic heterocycles. The molecule has 1 unspecified atom stereocenters. The zero-order valence-corrected chi connectivity index (χ0v) is 14.8. The summed E-state index contributed by atoms with van der Waals surface area (Å²) in [6.45, 7) is 1.53. The summed E-state index contributed by atoms with van der Waals surface area (Å²) in [6.07, 6.45) is -0.183. The number of para-hydroxylation sites is 2. The molecule has 0 aliphatic heterocycles. The van der Waals surface area contributed by atoms with Gasteiger partial charge in [0.1, 0.15) is 5.52 Å². The van der Waals surface area contributed by atoms with Crippen molar-refractivity contribution in [2.24, 2.45) is 0 Å². The maximum absolute atomic E-state index is 11.6. The van der Waals surface area contributed by atoms with Crippen molar-refractivity contribution in [1.29, 1.82) is 0 Å². The summed E-state index contributed by atoms with van der Waals surface area (Å²) in [7, 11) is 0. The number of nitrogens with zero attached hydrogens (tertiary/aromatic N) is 1. The van der Waals surface area contributed by atoms with Crippen LogP contribution in [0.5, 0.6) is 0 Å². The van der Waals surface area contributed by atoms with Gasteiger partial charge in [-0.1, -0.05) is 12.1 Å². The fraction of sp³-hybridized carbons (Fsp3) is 0.250. The molecule has 0 amide bonds. The summed E-state index contributed by atoms with van der Waals surface area (Å²) < 4.78 is 5.50. The number of carbonyl (C=O) groups is 2. The van der Waals surface area contributed by atoms with E-state index < -0.39 is 15.6 Å². The van der Waals surface area contributed by atoms with Crippen LogP contribution in [0.4, 0.5) is 0 Å². The van der Waals surface area contributed by atoms with Gasteiger partial charge in [0.05, 0.1) is 5.41 Å². The van der Waals surface area contributed by atoms with Gasteiger partial charge in [-0.05, 0) is 19.1 Å². The van der Waals surface area contributed by atoms with Crippen LogP contribution in [0.15, 0.2) is 28.7 Å². The molecule has 2 rings (SSSR count). The number of benzene rings is 1. The van der Waals surface area contributed by atoms with Crippen LogP contribution in [0.3, 0.4) is 0 Å². The number of carbonyl (C=O) groups excluding carboxylic acids is 2. The summed E-state index contributed by atoms with van der Waals surface area (Å²) >= 11 is 9.20. The average Bonchev–Trinajstić information content (AvgIpc) is 2.71. The minimum Gasteiger partial charge on any atom is -0.742 e. The van der Waals surface area contributed by atoms with Crippen LogP contribution in [-0.2, 0) is 59.7 Å². The third-order valence-electron chi connectivity index (χ3n) is 2.71. The zero-order valence-electron chi connectivity index (χ0n) is 10.2. The Morgan fingerprint density at radius 3 is 2.47 bits per heavy atom. The van der Waals surface area contributed by atoms with Gasteiger partial charge in [0.25, 0.3) is 0 Å². The van der Waals surface area contributed by atoms with Gasteiger partial charge >= 0.3 is 19.5 Å². The first-order chi connectivity index (χ1) is 8.43. The Morgan fingerprint density at radius 1 is 1.32 bits per heavy atom. The molecule has 1 aromatic carbocycles. The van der Waals surface area contributed by atoms with Gasteiger partial charge in [-0.15, -0.1) is 0 Å². The smallest absolute Gasteiger partial charge is 0.742 e. The SMILES string of the molecule is CC(CC(=O)[S-])(C(=O)[S-])c1nc2ccccc2o1.[Zn+2]. The van der Waals surface area contributed by atoms with Crippen molar-refractivity contribution in [2.75, 3.05) is 0 Å². The van der Waals surface area contributed by atoms with Gasteiger partial charge in [-0.2, -0.15) is 0 Å². The third-order valence-corrected chi connectivity index (χ3v) is 3.31. The van der Waals surface area contributed by atoms with Gasteiger partial charge in [0.15, 0.2) is 5.58 Å². The predicted octanol–water partition coefficient (Wildman–Crippen LogP) is 1.62. The van der Waals surface area contributed by atoms with E-state index in [1.807, 2.05) is 0 Å². The van der Waals surface area contributed by atoms with E-state index in [2.05, 4.69) is 30.2 Å². The molecule has 0 spiro atoms. The molecular weight excluding hydrogens is 336 g/mol. The second-order valence-electron chi connectivity index (χ2n) is 4.16. The minimum atomic E-state index is -1.27. The summed E-state index contributed by atoms with van der Waals surface area (Å²) in [5.41, 5.74) is -0.105.